The van der Waals surface area contributed by atoms with Crippen LogP contribution in [0, 0.1) is 13.8 Å². The minimum Gasteiger partial charge on any atom is -0.459 e. The van der Waals surface area contributed by atoms with E-state index in [-0.39, 0.29) is 5.91 Å². The van der Waals surface area contributed by atoms with Crippen LogP contribution in [0.4, 0.5) is 0 Å². The van der Waals surface area contributed by atoms with Crippen LogP contribution in [-0.4, -0.2) is 33.0 Å². The molecule has 1 amide bonds. The molecule has 6 heteroatoms. The number of furan rings is 1. The van der Waals surface area contributed by atoms with Crippen molar-refractivity contribution in [2.75, 3.05) is 7.05 Å². The fraction of sp³-hybridized carbons (Fsp3) is 0.364. The van der Waals surface area contributed by atoms with Gasteiger partial charge in [0.1, 0.15) is 5.82 Å². The summed E-state index contributed by atoms with van der Waals surface area (Å²) in [7, 11) is 1.69. The first-order chi connectivity index (χ1) is 8.08. The van der Waals surface area contributed by atoms with Gasteiger partial charge in [-0.05, 0) is 19.9 Å². The Morgan fingerprint density at radius 3 is 2.82 bits per heavy atom. The summed E-state index contributed by atoms with van der Waals surface area (Å²) >= 11 is 0. The van der Waals surface area contributed by atoms with Crippen LogP contribution in [0.15, 0.2) is 16.7 Å². The Hall–Kier alpha value is -2.11. The van der Waals surface area contributed by atoms with Crippen molar-refractivity contribution in [1.29, 1.82) is 0 Å². The highest BCUT2D eigenvalue weighted by atomic mass is 16.3. The number of rotatable bonds is 3. The number of aromatic nitrogens is 3. The lowest BCUT2D eigenvalue weighted by atomic mass is 10.2. The van der Waals surface area contributed by atoms with Crippen LogP contribution in [-0.2, 0) is 6.54 Å². The molecule has 0 unspecified atom stereocenters. The monoisotopic (exact) mass is 234 g/mol. The second-order valence-corrected chi connectivity index (χ2v) is 3.93. The highest BCUT2D eigenvalue weighted by Gasteiger charge is 2.18. The number of amides is 1. The van der Waals surface area contributed by atoms with Crippen molar-refractivity contribution < 1.29 is 9.21 Å². The summed E-state index contributed by atoms with van der Waals surface area (Å²) in [5.74, 6) is 1.51. The van der Waals surface area contributed by atoms with Crippen LogP contribution in [0.2, 0.25) is 0 Å². The fourth-order valence-electron chi connectivity index (χ4n) is 1.51. The molecule has 0 atom stereocenters. The number of hydrogen-bond acceptors (Lipinski definition) is 4. The summed E-state index contributed by atoms with van der Waals surface area (Å²) in [4.78, 5) is 17.7. The van der Waals surface area contributed by atoms with E-state index < -0.39 is 0 Å². The minimum absolute atomic E-state index is 0.171. The Labute approximate surface area is 98.6 Å². The summed E-state index contributed by atoms with van der Waals surface area (Å²) in [5.41, 5.74) is 0.827. The first-order valence-corrected chi connectivity index (χ1v) is 5.25. The SMILES string of the molecule is Cc1nc(CN(C)C(=O)c2occc2C)n[nH]1. The van der Waals surface area contributed by atoms with Gasteiger partial charge in [0.25, 0.3) is 5.91 Å². The van der Waals surface area contributed by atoms with Crippen LogP contribution in [0.1, 0.15) is 27.8 Å². The topological polar surface area (TPSA) is 75.0 Å². The van der Waals surface area contributed by atoms with Gasteiger partial charge in [0, 0.05) is 12.6 Å². The van der Waals surface area contributed by atoms with Crippen molar-refractivity contribution in [3.8, 4) is 0 Å². The number of nitrogens with one attached hydrogen (secondary N) is 1. The molecule has 0 bridgehead atoms. The molecule has 2 heterocycles. The van der Waals surface area contributed by atoms with Crippen LogP contribution >= 0.6 is 0 Å². The molecule has 0 fully saturated rings. The molecule has 0 spiro atoms. The summed E-state index contributed by atoms with van der Waals surface area (Å²) in [5, 5.41) is 6.72. The van der Waals surface area contributed by atoms with E-state index in [1.165, 1.54) is 11.2 Å². The number of aryl methyl sites for hydroxylation is 2. The Balaban J connectivity index is 2.08. The molecular formula is C11H14N4O2. The number of hydrogen-bond donors (Lipinski definition) is 1. The van der Waals surface area contributed by atoms with Gasteiger partial charge >= 0.3 is 0 Å². The molecule has 0 aliphatic rings. The lowest BCUT2D eigenvalue weighted by molar-refractivity contribution is 0.0749. The van der Waals surface area contributed by atoms with Crippen molar-refractivity contribution in [3.05, 3.63) is 35.3 Å². The van der Waals surface area contributed by atoms with Crippen molar-refractivity contribution >= 4 is 5.91 Å². The van der Waals surface area contributed by atoms with Crippen LogP contribution in [0.5, 0.6) is 0 Å². The van der Waals surface area contributed by atoms with Crippen molar-refractivity contribution in [2.24, 2.45) is 0 Å². The molecule has 17 heavy (non-hydrogen) atoms. The Morgan fingerprint density at radius 1 is 1.53 bits per heavy atom. The quantitative estimate of drug-likeness (QED) is 0.868. The number of aromatic amines is 1. The lowest BCUT2D eigenvalue weighted by Gasteiger charge is -2.13. The fourth-order valence-corrected chi connectivity index (χ4v) is 1.51. The zero-order valence-corrected chi connectivity index (χ0v) is 10.0. The van der Waals surface area contributed by atoms with Gasteiger partial charge in [-0.2, -0.15) is 5.10 Å². The molecule has 2 aromatic rings. The second kappa shape index (κ2) is 4.40. The third kappa shape index (κ3) is 2.35. The van der Waals surface area contributed by atoms with Crippen LogP contribution < -0.4 is 0 Å². The van der Waals surface area contributed by atoms with Crippen LogP contribution in [0.25, 0.3) is 0 Å². The van der Waals surface area contributed by atoms with Crippen LogP contribution in [0.3, 0.4) is 0 Å². The minimum atomic E-state index is -0.171. The Bertz CT molecular complexity index is 529. The predicted molar refractivity (Wildman–Crippen MR) is 60.4 cm³/mol. The summed E-state index contributed by atoms with van der Waals surface area (Å²) in [6.07, 6.45) is 1.51. The van der Waals surface area contributed by atoms with E-state index in [0.29, 0.717) is 18.1 Å². The molecule has 0 aliphatic heterocycles. The first kappa shape index (κ1) is 11.4. The van der Waals surface area contributed by atoms with Crippen molar-refractivity contribution in [1.82, 2.24) is 20.1 Å². The van der Waals surface area contributed by atoms with E-state index in [4.69, 9.17) is 4.42 Å². The predicted octanol–water partition coefficient (Wildman–Crippen LogP) is 1.29. The highest BCUT2D eigenvalue weighted by Crippen LogP contribution is 2.12. The van der Waals surface area contributed by atoms with Gasteiger partial charge in [-0.3, -0.25) is 9.89 Å². The normalized spacial score (nSPS) is 10.5. The van der Waals surface area contributed by atoms with E-state index >= 15 is 0 Å². The van der Waals surface area contributed by atoms with Gasteiger partial charge in [0.2, 0.25) is 0 Å². The van der Waals surface area contributed by atoms with Gasteiger partial charge in [-0.15, -0.1) is 0 Å². The van der Waals surface area contributed by atoms with Gasteiger partial charge in [-0.25, -0.2) is 4.98 Å². The number of nitrogens with zero attached hydrogens (tertiary/aromatic N) is 3. The van der Waals surface area contributed by atoms with Gasteiger partial charge < -0.3 is 9.32 Å². The molecule has 90 valence electrons. The molecular weight excluding hydrogens is 220 g/mol. The average Bonchev–Trinajstić information content (AvgIpc) is 2.86. The van der Waals surface area contributed by atoms with Gasteiger partial charge in [-0.1, -0.05) is 0 Å². The van der Waals surface area contributed by atoms with E-state index in [9.17, 15) is 4.79 Å². The largest absolute Gasteiger partial charge is 0.459 e. The summed E-state index contributed by atoms with van der Waals surface area (Å²) in [6.45, 7) is 4.00. The molecule has 2 aromatic heterocycles. The molecule has 2 rings (SSSR count). The standard InChI is InChI=1S/C11H14N4O2/c1-7-4-5-17-10(7)11(16)15(3)6-9-12-8(2)13-14-9/h4-5H,6H2,1-3H3,(H,12,13,14). The maximum atomic E-state index is 12.0. The third-order valence-electron chi connectivity index (χ3n) is 2.43. The maximum absolute atomic E-state index is 12.0. The Morgan fingerprint density at radius 2 is 2.29 bits per heavy atom. The third-order valence-corrected chi connectivity index (χ3v) is 2.43. The van der Waals surface area contributed by atoms with E-state index in [2.05, 4.69) is 15.2 Å². The average molecular weight is 234 g/mol. The smallest absolute Gasteiger partial charge is 0.289 e. The maximum Gasteiger partial charge on any atom is 0.289 e. The van der Waals surface area contributed by atoms with Gasteiger partial charge in [0.15, 0.2) is 11.6 Å². The Kier molecular flexibility index (Phi) is 2.95. The molecule has 0 saturated carbocycles. The van der Waals surface area contributed by atoms with Crippen molar-refractivity contribution in [2.45, 2.75) is 20.4 Å². The molecule has 1 N–H and O–H groups in total. The zero-order valence-electron chi connectivity index (χ0n) is 10.0. The molecule has 6 nitrogen and oxygen atoms in total. The number of carbonyl (C=O) groups is 1. The van der Waals surface area contributed by atoms with E-state index in [1.807, 2.05) is 13.8 Å². The van der Waals surface area contributed by atoms with E-state index in [1.54, 1.807) is 13.1 Å². The molecule has 0 radical (unpaired) electrons. The first-order valence-electron chi connectivity index (χ1n) is 5.25. The summed E-state index contributed by atoms with van der Waals surface area (Å²) < 4.78 is 5.15. The summed E-state index contributed by atoms with van der Waals surface area (Å²) in [6, 6.07) is 1.76. The lowest BCUT2D eigenvalue weighted by Crippen LogP contribution is -2.26. The number of H-pyrrole nitrogens is 1. The van der Waals surface area contributed by atoms with Crippen molar-refractivity contribution in [3.63, 3.8) is 0 Å². The molecule has 0 aliphatic carbocycles. The second-order valence-electron chi connectivity index (χ2n) is 3.93. The highest BCUT2D eigenvalue weighted by molar-refractivity contribution is 5.92. The number of carbonyl (C=O) groups excluding carboxylic acids is 1. The van der Waals surface area contributed by atoms with E-state index in [0.717, 1.165) is 11.4 Å². The zero-order chi connectivity index (χ0) is 12.4. The van der Waals surface area contributed by atoms with Gasteiger partial charge in [0.05, 0.1) is 12.8 Å². The molecule has 0 saturated heterocycles. The molecule has 0 aromatic carbocycles.